The standard InChI is InChI=1S/C44H66O8/c1-7-11-15-17-19-28-49-42(46)38-25-21-24-36(40(38)44(48)52-32-34(6)23-14-10-4)35-26-27-37(41(45)51-31-33(5)22-13-9-3)39(30-35)43(47)50-29-20-18-16-12-8-2/h21,24-27,30,33-34H,7-20,22-23,28-29,31-32H2,1-6H3. The first-order valence-corrected chi connectivity index (χ1v) is 20.1. The Morgan fingerprint density at radius 1 is 0.500 bits per heavy atom. The number of unbranched alkanes of at least 4 members (excludes halogenated alkanes) is 10. The first-order valence-electron chi connectivity index (χ1n) is 20.1. The quantitative estimate of drug-likeness (QED) is 0.0510. The summed E-state index contributed by atoms with van der Waals surface area (Å²) in [5.41, 5.74) is 1.16. The fraction of sp³-hybridized carbons (Fsp3) is 0.636. The Morgan fingerprint density at radius 2 is 0.981 bits per heavy atom. The van der Waals surface area contributed by atoms with Gasteiger partial charge in [-0.1, -0.05) is 137 Å². The van der Waals surface area contributed by atoms with Crippen LogP contribution in [0.5, 0.6) is 0 Å². The van der Waals surface area contributed by atoms with E-state index in [-0.39, 0.29) is 60.5 Å². The Bertz CT molecular complexity index is 1370. The van der Waals surface area contributed by atoms with Crippen LogP contribution in [0.25, 0.3) is 11.1 Å². The number of carbonyl (C=O) groups excluding carboxylic acids is 4. The minimum Gasteiger partial charge on any atom is -0.462 e. The molecule has 0 aliphatic heterocycles. The van der Waals surface area contributed by atoms with Crippen LogP contribution in [0.4, 0.5) is 0 Å². The molecule has 0 aliphatic carbocycles. The fourth-order valence-electron chi connectivity index (χ4n) is 6.00. The largest absolute Gasteiger partial charge is 0.462 e. The van der Waals surface area contributed by atoms with Gasteiger partial charge in [0, 0.05) is 0 Å². The van der Waals surface area contributed by atoms with E-state index < -0.39 is 23.9 Å². The van der Waals surface area contributed by atoms with Crippen molar-refractivity contribution in [1.29, 1.82) is 0 Å². The number of benzene rings is 2. The van der Waals surface area contributed by atoms with Crippen molar-refractivity contribution in [2.45, 2.75) is 144 Å². The number of rotatable bonds is 27. The maximum atomic E-state index is 13.9. The van der Waals surface area contributed by atoms with Crippen molar-refractivity contribution in [3.05, 3.63) is 58.7 Å². The molecular weight excluding hydrogens is 656 g/mol. The smallest absolute Gasteiger partial charge is 0.339 e. The molecule has 2 aromatic rings. The molecule has 0 heterocycles. The van der Waals surface area contributed by atoms with E-state index in [4.69, 9.17) is 18.9 Å². The van der Waals surface area contributed by atoms with Crippen molar-refractivity contribution in [3.63, 3.8) is 0 Å². The van der Waals surface area contributed by atoms with Crippen LogP contribution < -0.4 is 0 Å². The molecule has 0 fully saturated rings. The van der Waals surface area contributed by atoms with Gasteiger partial charge in [0.15, 0.2) is 0 Å². The topological polar surface area (TPSA) is 105 Å². The van der Waals surface area contributed by atoms with Crippen LogP contribution in [0.3, 0.4) is 0 Å². The lowest BCUT2D eigenvalue weighted by Gasteiger charge is -2.18. The zero-order valence-corrected chi connectivity index (χ0v) is 33.0. The lowest BCUT2D eigenvalue weighted by Crippen LogP contribution is -2.19. The molecule has 0 radical (unpaired) electrons. The monoisotopic (exact) mass is 722 g/mol. The van der Waals surface area contributed by atoms with E-state index >= 15 is 0 Å². The van der Waals surface area contributed by atoms with Crippen LogP contribution >= 0.6 is 0 Å². The van der Waals surface area contributed by atoms with Gasteiger partial charge in [0.1, 0.15) is 0 Å². The molecular formula is C44H66O8. The van der Waals surface area contributed by atoms with Crippen molar-refractivity contribution in [2.24, 2.45) is 11.8 Å². The van der Waals surface area contributed by atoms with Gasteiger partial charge in [-0.15, -0.1) is 0 Å². The number of hydrogen-bond donors (Lipinski definition) is 0. The highest BCUT2D eigenvalue weighted by Gasteiger charge is 2.27. The summed E-state index contributed by atoms with van der Waals surface area (Å²) in [5.74, 6) is -2.18. The summed E-state index contributed by atoms with van der Waals surface area (Å²) < 4.78 is 22.8. The normalized spacial score (nSPS) is 12.2. The summed E-state index contributed by atoms with van der Waals surface area (Å²) in [6.07, 6.45) is 16.0. The molecule has 0 spiro atoms. The molecule has 8 heteroatoms. The van der Waals surface area contributed by atoms with E-state index in [9.17, 15) is 19.2 Å². The lowest BCUT2D eigenvalue weighted by atomic mass is 9.92. The lowest BCUT2D eigenvalue weighted by molar-refractivity contribution is 0.0414. The molecule has 0 bridgehead atoms. The van der Waals surface area contributed by atoms with Crippen LogP contribution in [0.15, 0.2) is 36.4 Å². The van der Waals surface area contributed by atoms with Gasteiger partial charge in [-0.2, -0.15) is 0 Å². The minimum atomic E-state index is -0.644. The third-order valence-electron chi connectivity index (χ3n) is 9.32. The van der Waals surface area contributed by atoms with Crippen LogP contribution in [0.1, 0.15) is 186 Å². The van der Waals surface area contributed by atoms with Gasteiger partial charge in [0.25, 0.3) is 0 Å². The molecule has 2 atom stereocenters. The molecule has 52 heavy (non-hydrogen) atoms. The summed E-state index contributed by atoms with van der Waals surface area (Å²) in [5, 5.41) is 0. The van der Waals surface area contributed by atoms with Gasteiger partial charge in [-0.05, 0) is 66.8 Å². The Balaban J connectivity index is 2.51. The van der Waals surface area contributed by atoms with Gasteiger partial charge < -0.3 is 18.9 Å². The molecule has 0 N–H and O–H groups in total. The predicted molar refractivity (Wildman–Crippen MR) is 208 cm³/mol. The Hall–Kier alpha value is -3.68. The Labute approximate surface area is 313 Å². The predicted octanol–water partition coefficient (Wildman–Crippen LogP) is 11.6. The molecule has 0 amide bonds. The van der Waals surface area contributed by atoms with E-state index in [1.807, 2.05) is 13.8 Å². The summed E-state index contributed by atoms with van der Waals surface area (Å²) in [6, 6.07) is 9.72. The van der Waals surface area contributed by atoms with E-state index in [0.717, 1.165) is 103 Å². The average Bonchev–Trinajstić information content (AvgIpc) is 3.16. The van der Waals surface area contributed by atoms with Crippen LogP contribution in [0, 0.1) is 11.8 Å². The van der Waals surface area contributed by atoms with Crippen LogP contribution in [-0.4, -0.2) is 50.3 Å². The third-order valence-corrected chi connectivity index (χ3v) is 9.32. The number of carbonyl (C=O) groups is 4. The second-order valence-electron chi connectivity index (χ2n) is 14.3. The summed E-state index contributed by atoms with van der Waals surface area (Å²) in [4.78, 5) is 54.3. The Kier molecular flexibility index (Phi) is 22.4. The molecule has 2 rings (SSSR count). The summed E-state index contributed by atoms with van der Waals surface area (Å²) >= 11 is 0. The first kappa shape index (κ1) is 44.5. The summed E-state index contributed by atoms with van der Waals surface area (Å²) in [6.45, 7) is 13.5. The minimum absolute atomic E-state index is 0.0461. The zero-order chi connectivity index (χ0) is 38.1. The van der Waals surface area contributed by atoms with Crippen molar-refractivity contribution >= 4 is 23.9 Å². The van der Waals surface area contributed by atoms with E-state index in [1.54, 1.807) is 30.3 Å². The number of hydrogen-bond acceptors (Lipinski definition) is 8. The third kappa shape index (κ3) is 15.9. The maximum Gasteiger partial charge on any atom is 0.339 e. The molecule has 0 aromatic heterocycles. The summed E-state index contributed by atoms with van der Waals surface area (Å²) in [7, 11) is 0. The highest BCUT2D eigenvalue weighted by molar-refractivity contribution is 6.09. The van der Waals surface area contributed by atoms with Gasteiger partial charge >= 0.3 is 23.9 Å². The SMILES string of the molecule is CCCCCCCOC(=O)c1cc(-c2cccc(C(=O)OCCCCCCC)c2C(=O)OCC(C)CCCC)ccc1C(=O)OCC(C)CCCC. The first-order chi connectivity index (χ1) is 25.2. The van der Waals surface area contributed by atoms with Crippen molar-refractivity contribution in [1.82, 2.24) is 0 Å². The highest BCUT2D eigenvalue weighted by Crippen LogP contribution is 2.31. The number of esters is 4. The molecule has 0 aliphatic rings. The second-order valence-corrected chi connectivity index (χ2v) is 14.3. The van der Waals surface area contributed by atoms with Crippen molar-refractivity contribution < 1.29 is 38.1 Å². The van der Waals surface area contributed by atoms with Gasteiger partial charge in [0.05, 0.1) is 48.7 Å². The van der Waals surface area contributed by atoms with Gasteiger partial charge in [-0.25, -0.2) is 19.2 Å². The molecule has 2 aromatic carbocycles. The molecule has 2 unspecified atom stereocenters. The fourth-order valence-corrected chi connectivity index (χ4v) is 6.00. The molecule has 8 nitrogen and oxygen atoms in total. The van der Waals surface area contributed by atoms with E-state index in [0.29, 0.717) is 11.1 Å². The highest BCUT2D eigenvalue weighted by atomic mass is 16.5. The second kappa shape index (κ2) is 26.1. The van der Waals surface area contributed by atoms with Gasteiger partial charge in [0.2, 0.25) is 0 Å². The van der Waals surface area contributed by atoms with Crippen LogP contribution in [0.2, 0.25) is 0 Å². The van der Waals surface area contributed by atoms with Gasteiger partial charge in [-0.3, -0.25) is 0 Å². The average molecular weight is 723 g/mol. The van der Waals surface area contributed by atoms with E-state index in [1.165, 1.54) is 6.07 Å². The van der Waals surface area contributed by atoms with Crippen LogP contribution in [-0.2, 0) is 18.9 Å². The maximum absolute atomic E-state index is 13.9. The van der Waals surface area contributed by atoms with E-state index in [2.05, 4.69) is 27.7 Å². The molecule has 0 saturated heterocycles. The molecule has 290 valence electrons. The Morgan fingerprint density at radius 3 is 1.52 bits per heavy atom. The number of ether oxygens (including phenoxy) is 4. The molecule has 0 saturated carbocycles. The zero-order valence-electron chi connectivity index (χ0n) is 33.0. The van der Waals surface area contributed by atoms with Crippen molar-refractivity contribution in [2.75, 3.05) is 26.4 Å². The van der Waals surface area contributed by atoms with Crippen molar-refractivity contribution in [3.8, 4) is 11.1 Å².